The number of hydrogen-bond donors (Lipinski definition) is 0. The van der Waals surface area contributed by atoms with Crippen LogP contribution in [0.1, 0.15) is 38.2 Å². The summed E-state index contributed by atoms with van der Waals surface area (Å²) in [4.78, 5) is 0. The molecule has 1 aromatic carbocycles. The minimum atomic E-state index is 0.439. The molecule has 2 rings (SSSR count). The molecule has 0 heterocycles. The van der Waals surface area contributed by atoms with Crippen LogP contribution in [0, 0.1) is 0 Å². The van der Waals surface area contributed by atoms with E-state index >= 15 is 0 Å². The Bertz CT molecular complexity index is 380. The number of ether oxygens (including phenoxy) is 1. The van der Waals surface area contributed by atoms with Crippen LogP contribution in [0.25, 0.3) is 5.57 Å². The number of allylic oxidation sites excluding steroid dienone is 1. The van der Waals surface area contributed by atoms with Crippen molar-refractivity contribution in [2.45, 2.75) is 38.7 Å². The quantitative estimate of drug-likeness (QED) is 0.774. The monoisotopic (exact) mass is 294 g/mol. The van der Waals surface area contributed by atoms with Crippen molar-refractivity contribution in [1.29, 1.82) is 0 Å². The second-order valence-corrected chi connectivity index (χ2v) is 5.42. The maximum absolute atomic E-state index is 5.78. The molecule has 0 aliphatic heterocycles. The van der Waals surface area contributed by atoms with Crippen LogP contribution in [0.5, 0.6) is 0 Å². The lowest BCUT2D eigenvalue weighted by Crippen LogP contribution is -2.16. The molecule has 1 atom stereocenters. The van der Waals surface area contributed by atoms with Crippen molar-refractivity contribution in [3.05, 3.63) is 40.4 Å². The molecule has 0 N–H and O–H groups in total. The minimum absolute atomic E-state index is 0.439. The molecule has 1 aliphatic rings. The average molecular weight is 295 g/mol. The number of benzene rings is 1. The van der Waals surface area contributed by atoms with Crippen LogP contribution >= 0.6 is 15.9 Å². The summed E-state index contributed by atoms with van der Waals surface area (Å²) in [6.07, 6.45) is 7.24. The number of rotatable bonds is 4. The van der Waals surface area contributed by atoms with E-state index in [1.807, 2.05) is 0 Å². The summed E-state index contributed by atoms with van der Waals surface area (Å²) in [5.41, 5.74) is 2.82. The standard InChI is InChI=1S/C15H19BrO/c1-2-11-17-15-9-5-13(6-10-15)12-3-7-14(16)8-4-12/h3-5,7-8,15H,2,6,9-11H2,1H3. The molecule has 1 aromatic rings. The Balaban J connectivity index is 1.96. The lowest BCUT2D eigenvalue weighted by Gasteiger charge is -2.22. The van der Waals surface area contributed by atoms with E-state index in [-0.39, 0.29) is 0 Å². The molecule has 0 amide bonds. The van der Waals surface area contributed by atoms with E-state index in [2.05, 4.69) is 53.2 Å². The summed E-state index contributed by atoms with van der Waals surface area (Å²) in [6, 6.07) is 8.58. The summed E-state index contributed by atoms with van der Waals surface area (Å²) in [6.45, 7) is 3.05. The lowest BCUT2D eigenvalue weighted by molar-refractivity contribution is 0.0489. The fourth-order valence-corrected chi connectivity index (χ4v) is 2.44. The van der Waals surface area contributed by atoms with Crippen LogP contribution in [-0.4, -0.2) is 12.7 Å². The smallest absolute Gasteiger partial charge is 0.0612 e. The van der Waals surface area contributed by atoms with Crippen LogP contribution in [0.4, 0.5) is 0 Å². The average Bonchev–Trinajstić information content (AvgIpc) is 2.38. The van der Waals surface area contributed by atoms with Gasteiger partial charge in [0.25, 0.3) is 0 Å². The van der Waals surface area contributed by atoms with Gasteiger partial charge in [-0.1, -0.05) is 41.1 Å². The lowest BCUT2D eigenvalue weighted by atomic mass is 9.92. The summed E-state index contributed by atoms with van der Waals surface area (Å²) in [5, 5.41) is 0. The van der Waals surface area contributed by atoms with Crippen molar-refractivity contribution < 1.29 is 4.74 Å². The first-order chi connectivity index (χ1) is 8.29. The van der Waals surface area contributed by atoms with E-state index in [0.717, 1.165) is 36.8 Å². The van der Waals surface area contributed by atoms with E-state index in [1.54, 1.807) is 0 Å². The maximum atomic E-state index is 5.78. The molecule has 0 radical (unpaired) electrons. The van der Waals surface area contributed by atoms with Gasteiger partial charge in [0.1, 0.15) is 0 Å². The molecule has 0 spiro atoms. The molecule has 1 unspecified atom stereocenters. The van der Waals surface area contributed by atoms with E-state index in [9.17, 15) is 0 Å². The van der Waals surface area contributed by atoms with Crippen molar-refractivity contribution >= 4 is 21.5 Å². The molecule has 1 aliphatic carbocycles. The molecule has 17 heavy (non-hydrogen) atoms. The highest BCUT2D eigenvalue weighted by Gasteiger charge is 2.15. The van der Waals surface area contributed by atoms with Crippen molar-refractivity contribution in [2.75, 3.05) is 6.61 Å². The molecule has 0 bridgehead atoms. The third kappa shape index (κ3) is 3.68. The van der Waals surface area contributed by atoms with Crippen molar-refractivity contribution in [1.82, 2.24) is 0 Å². The largest absolute Gasteiger partial charge is 0.378 e. The summed E-state index contributed by atoms with van der Waals surface area (Å²) >= 11 is 3.47. The van der Waals surface area contributed by atoms with Gasteiger partial charge in [-0.05, 0) is 49.0 Å². The molecule has 0 saturated carbocycles. The predicted octanol–water partition coefficient (Wildman–Crippen LogP) is 4.81. The molecule has 92 valence electrons. The van der Waals surface area contributed by atoms with Gasteiger partial charge in [-0.2, -0.15) is 0 Å². The first-order valence-corrected chi connectivity index (χ1v) is 7.15. The molecular formula is C15H19BrO. The van der Waals surface area contributed by atoms with Gasteiger partial charge in [0, 0.05) is 11.1 Å². The van der Waals surface area contributed by atoms with Gasteiger partial charge in [-0.25, -0.2) is 0 Å². The predicted molar refractivity (Wildman–Crippen MR) is 76.0 cm³/mol. The third-order valence-corrected chi connectivity index (χ3v) is 3.66. The van der Waals surface area contributed by atoms with Crippen LogP contribution in [0.2, 0.25) is 0 Å². The number of hydrogen-bond acceptors (Lipinski definition) is 1. The highest BCUT2D eigenvalue weighted by atomic mass is 79.9. The van der Waals surface area contributed by atoms with Gasteiger partial charge in [0.05, 0.1) is 6.10 Å². The second-order valence-electron chi connectivity index (χ2n) is 4.50. The van der Waals surface area contributed by atoms with Crippen LogP contribution in [0.3, 0.4) is 0 Å². The van der Waals surface area contributed by atoms with Gasteiger partial charge < -0.3 is 4.74 Å². The van der Waals surface area contributed by atoms with Crippen molar-refractivity contribution in [2.24, 2.45) is 0 Å². The van der Waals surface area contributed by atoms with Gasteiger partial charge in [0.2, 0.25) is 0 Å². The molecule has 0 fully saturated rings. The topological polar surface area (TPSA) is 9.23 Å². The highest BCUT2D eigenvalue weighted by Crippen LogP contribution is 2.29. The third-order valence-electron chi connectivity index (χ3n) is 3.14. The van der Waals surface area contributed by atoms with Crippen LogP contribution < -0.4 is 0 Å². The fourth-order valence-electron chi connectivity index (χ4n) is 2.17. The summed E-state index contributed by atoms with van der Waals surface area (Å²) in [7, 11) is 0. The van der Waals surface area contributed by atoms with E-state index in [0.29, 0.717) is 6.10 Å². The van der Waals surface area contributed by atoms with E-state index in [4.69, 9.17) is 4.74 Å². The van der Waals surface area contributed by atoms with Crippen LogP contribution in [-0.2, 0) is 4.74 Å². The molecule has 0 aromatic heterocycles. The van der Waals surface area contributed by atoms with E-state index < -0.39 is 0 Å². The Hall–Kier alpha value is -0.600. The summed E-state index contributed by atoms with van der Waals surface area (Å²) in [5.74, 6) is 0. The van der Waals surface area contributed by atoms with Gasteiger partial charge in [-0.3, -0.25) is 0 Å². The Labute approximate surface area is 112 Å². The van der Waals surface area contributed by atoms with E-state index in [1.165, 1.54) is 11.1 Å². The molecule has 2 heteroatoms. The fraction of sp³-hybridized carbons (Fsp3) is 0.467. The Morgan fingerprint density at radius 1 is 1.29 bits per heavy atom. The Morgan fingerprint density at radius 2 is 2.06 bits per heavy atom. The SMILES string of the molecule is CCCOC1CC=C(c2ccc(Br)cc2)CC1. The highest BCUT2D eigenvalue weighted by molar-refractivity contribution is 9.10. The second kappa shape index (κ2) is 6.36. The zero-order chi connectivity index (χ0) is 12.1. The van der Waals surface area contributed by atoms with Gasteiger partial charge in [0.15, 0.2) is 0 Å². The Kier molecular flexibility index (Phi) is 4.81. The van der Waals surface area contributed by atoms with Gasteiger partial charge >= 0.3 is 0 Å². The first kappa shape index (κ1) is 12.8. The number of halogens is 1. The normalized spacial score (nSPS) is 20.1. The molecule has 1 nitrogen and oxygen atoms in total. The van der Waals surface area contributed by atoms with Crippen molar-refractivity contribution in [3.8, 4) is 0 Å². The molecular weight excluding hydrogens is 276 g/mol. The first-order valence-electron chi connectivity index (χ1n) is 6.36. The zero-order valence-electron chi connectivity index (χ0n) is 10.3. The van der Waals surface area contributed by atoms with Gasteiger partial charge in [-0.15, -0.1) is 0 Å². The van der Waals surface area contributed by atoms with Crippen molar-refractivity contribution in [3.63, 3.8) is 0 Å². The Morgan fingerprint density at radius 3 is 2.65 bits per heavy atom. The van der Waals surface area contributed by atoms with Crippen LogP contribution in [0.15, 0.2) is 34.8 Å². The summed E-state index contributed by atoms with van der Waals surface area (Å²) < 4.78 is 6.92. The zero-order valence-corrected chi connectivity index (χ0v) is 11.9. The minimum Gasteiger partial charge on any atom is -0.378 e. The maximum Gasteiger partial charge on any atom is 0.0612 e. The molecule has 0 saturated heterocycles.